The first-order chi connectivity index (χ1) is 11.4. The lowest BCUT2D eigenvalue weighted by Crippen LogP contribution is -2.42. The highest BCUT2D eigenvalue weighted by Gasteiger charge is 2.28. The predicted molar refractivity (Wildman–Crippen MR) is 101 cm³/mol. The van der Waals surface area contributed by atoms with E-state index >= 15 is 0 Å². The summed E-state index contributed by atoms with van der Waals surface area (Å²) in [7, 11) is 4.30. The molecule has 24 heavy (non-hydrogen) atoms. The number of benzene rings is 1. The van der Waals surface area contributed by atoms with Gasteiger partial charge in [0, 0.05) is 24.3 Å². The van der Waals surface area contributed by atoms with Gasteiger partial charge in [-0.3, -0.25) is 0 Å². The molecular weight excluding hydrogens is 300 g/mol. The van der Waals surface area contributed by atoms with Crippen LogP contribution in [0.4, 0.5) is 5.69 Å². The Labute approximate surface area is 145 Å². The van der Waals surface area contributed by atoms with Crippen LogP contribution in [0.5, 0.6) is 0 Å². The maximum Gasteiger partial charge on any atom is 0.336 e. The molecule has 0 aliphatic heterocycles. The van der Waals surface area contributed by atoms with E-state index in [-0.39, 0.29) is 0 Å². The second kappa shape index (κ2) is 7.84. The number of aromatic carboxylic acids is 1. The predicted octanol–water partition coefficient (Wildman–Crippen LogP) is 4.04. The summed E-state index contributed by atoms with van der Waals surface area (Å²) in [5.74, 6) is -0.871. The van der Waals surface area contributed by atoms with Gasteiger partial charge in [-0.2, -0.15) is 0 Å². The van der Waals surface area contributed by atoms with Crippen LogP contribution in [0.15, 0.2) is 18.7 Å². The first kappa shape index (κ1) is 18.5. The Balaban J connectivity index is 2.32. The molecule has 1 aromatic carbocycles. The Morgan fingerprint density at radius 2 is 1.83 bits per heavy atom. The van der Waals surface area contributed by atoms with Crippen molar-refractivity contribution in [3.05, 3.63) is 35.4 Å². The summed E-state index contributed by atoms with van der Waals surface area (Å²) < 4.78 is 0. The maximum atomic E-state index is 11.6. The zero-order chi connectivity index (χ0) is 17.9. The quantitative estimate of drug-likeness (QED) is 0.855. The zero-order valence-corrected chi connectivity index (χ0v) is 15.4. The number of carboxylic acid groups (broad SMARTS) is 1. The van der Waals surface area contributed by atoms with Gasteiger partial charge in [0.25, 0.3) is 0 Å². The van der Waals surface area contributed by atoms with Gasteiger partial charge in [0.2, 0.25) is 0 Å². The highest BCUT2D eigenvalue weighted by molar-refractivity contribution is 5.92. The second-order valence-corrected chi connectivity index (χ2v) is 6.93. The van der Waals surface area contributed by atoms with Crippen molar-refractivity contribution < 1.29 is 9.90 Å². The molecule has 0 heterocycles. The lowest BCUT2D eigenvalue weighted by atomic mass is 9.88. The molecule has 132 valence electrons. The zero-order valence-electron chi connectivity index (χ0n) is 15.4. The van der Waals surface area contributed by atoms with Gasteiger partial charge in [-0.05, 0) is 76.9 Å². The molecule has 0 saturated heterocycles. The highest BCUT2D eigenvalue weighted by atomic mass is 16.4. The van der Waals surface area contributed by atoms with E-state index in [0.29, 0.717) is 17.6 Å². The smallest absolute Gasteiger partial charge is 0.336 e. The summed E-state index contributed by atoms with van der Waals surface area (Å²) in [4.78, 5) is 16.3. The van der Waals surface area contributed by atoms with Crippen molar-refractivity contribution in [3.63, 3.8) is 0 Å². The molecule has 0 atom stereocenters. The minimum atomic E-state index is -0.871. The van der Waals surface area contributed by atoms with Gasteiger partial charge >= 0.3 is 5.97 Å². The molecule has 4 heteroatoms. The normalized spacial score (nSPS) is 20.9. The number of carboxylic acids is 1. The van der Waals surface area contributed by atoms with Crippen LogP contribution in [-0.4, -0.2) is 48.7 Å². The van der Waals surface area contributed by atoms with Gasteiger partial charge in [-0.15, -0.1) is 0 Å². The number of hydrogen-bond donors (Lipinski definition) is 1. The summed E-state index contributed by atoms with van der Waals surface area (Å²) in [5.41, 5.74) is 3.14. The number of nitrogens with zero attached hydrogens (tertiary/aromatic N) is 2. The first-order valence-corrected chi connectivity index (χ1v) is 8.82. The molecule has 1 fully saturated rings. The minimum Gasteiger partial charge on any atom is -0.478 e. The average Bonchev–Trinajstić information content (AvgIpc) is 2.57. The largest absolute Gasteiger partial charge is 0.478 e. The van der Waals surface area contributed by atoms with Crippen molar-refractivity contribution >= 4 is 17.7 Å². The van der Waals surface area contributed by atoms with E-state index in [1.54, 1.807) is 12.1 Å². The fourth-order valence-electron chi connectivity index (χ4n) is 3.87. The van der Waals surface area contributed by atoms with Gasteiger partial charge in [-0.25, -0.2) is 4.79 Å². The molecule has 1 aromatic rings. The number of anilines is 1. The SMILES string of the molecule is C=Cc1cc(C(=O)O)c(C)c(N(CC)C2CCC(N(C)C)CC2)c1. The Kier molecular flexibility index (Phi) is 6.05. The van der Waals surface area contributed by atoms with Crippen LogP contribution in [-0.2, 0) is 0 Å². The van der Waals surface area contributed by atoms with Gasteiger partial charge in [0.1, 0.15) is 0 Å². The van der Waals surface area contributed by atoms with Crippen LogP contribution in [0, 0.1) is 6.92 Å². The molecule has 4 nitrogen and oxygen atoms in total. The molecule has 0 amide bonds. The summed E-state index contributed by atoms with van der Waals surface area (Å²) in [6.07, 6.45) is 6.42. The van der Waals surface area contributed by atoms with Gasteiger partial charge < -0.3 is 14.9 Å². The van der Waals surface area contributed by atoms with Crippen LogP contribution in [0.3, 0.4) is 0 Å². The number of carbonyl (C=O) groups is 1. The maximum absolute atomic E-state index is 11.6. The molecule has 0 aromatic heterocycles. The summed E-state index contributed by atoms with van der Waals surface area (Å²) in [6, 6.07) is 4.93. The second-order valence-electron chi connectivity index (χ2n) is 6.93. The van der Waals surface area contributed by atoms with E-state index in [1.165, 1.54) is 12.8 Å². The van der Waals surface area contributed by atoms with Crippen molar-refractivity contribution in [1.29, 1.82) is 0 Å². The van der Waals surface area contributed by atoms with E-state index < -0.39 is 5.97 Å². The molecule has 0 unspecified atom stereocenters. The minimum absolute atomic E-state index is 0.378. The fourth-order valence-corrected chi connectivity index (χ4v) is 3.87. The Morgan fingerprint density at radius 1 is 1.25 bits per heavy atom. The van der Waals surface area contributed by atoms with Gasteiger partial charge in [0.05, 0.1) is 5.56 Å². The molecule has 1 aliphatic rings. The standard InChI is InChI=1S/C20H30N2O2/c1-6-15-12-18(20(23)24)14(3)19(13-15)22(7-2)17-10-8-16(9-11-17)21(4)5/h6,12-13,16-17H,1,7-11H2,2-5H3,(H,23,24). The summed E-state index contributed by atoms with van der Waals surface area (Å²) >= 11 is 0. The van der Waals surface area contributed by atoms with E-state index in [4.69, 9.17) is 0 Å². The Hall–Kier alpha value is -1.81. The number of hydrogen-bond acceptors (Lipinski definition) is 3. The van der Waals surface area contributed by atoms with Crippen molar-refractivity contribution in [2.45, 2.75) is 51.6 Å². The van der Waals surface area contributed by atoms with Crippen LogP contribution in [0.2, 0.25) is 0 Å². The third-order valence-corrected chi connectivity index (χ3v) is 5.36. The highest BCUT2D eigenvalue weighted by Crippen LogP contribution is 2.33. The van der Waals surface area contributed by atoms with Crippen LogP contribution < -0.4 is 4.90 Å². The molecule has 2 rings (SSSR count). The van der Waals surface area contributed by atoms with Gasteiger partial charge in [0.15, 0.2) is 0 Å². The molecule has 0 radical (unpaired) electrons. The Bertz CT molecular complexity index is 602. The van der Waals surface area contributed by atoms with Crippen molar-refractivity contribution in [3.8, 4) is 0 Å². The third kappa shape index (κ3) is 3.81. The topological polar surface area (TPSA) is 43.8 Å². The van der Waals surface area contributed by atoms with Crippen LogP contribution in [0.1, 0.15) is 54.1 Å². The van der Waals surface area contributed by atoms with Crippen molar-refractivity contribution in [2.75, 3.05) is 25.5 Å². The summed E-state index contributed by atoms with van der Waals surface area (Å²) in [5, 5.41) is 9.51. The molecule has 1 saturated carbocycles. The monoisotopic (exact) mass is 330 g/mol. The molecule has 1 aliphatic carbocycles. The third-order valence-electron chi connectivity index (χ3n) is 5.36. The van der Waals surface area contributed by atoms with E-state index in [0.717, 1.165) is 36.2 Å². The first-order valence-electron chi connectivity index (χ1n) is 8.82. The van der Waals surface area contributed by atoms with E-state index in [2.05, 4.69) is 43.5 Å². The molecule has 1 N–H and O–H groups in total. The van der Waals surface area contributed by atoms with Crippen molar-refractivity contribution in [2.24, 2.45) is 0 Å². The van der Waals surface area contributed by atoms with E-state index in [1.807, 2.05) is 6.92 Å². The molecular formula is C20H30N2O2. The fraction of sp³-hybridized carbons (Fsp3) is 0.550. The van der Waals surface area contributed by atoms with E-state index in [9.17, 15) is 9.90 Å². The lowest BCUT2D eigenvalue weighted by molar-refractivity contribution is 0.0696. The summed E-state index contributed by atoms with van der Waals surface area (Å²) in [6.45, 7) is 8.77. The van der Waals surface area contributed by atoms with Gasteiger partial charge in [-0.1, -0.05) is 12.7 Å². The van der Waals surface area contributed by atoms with Crippen LogP contribution >= 0.6 is 0 Å². The lowest BCUT2D eigenvalue weighted by Gasteiger charge is -2.40. The van der Waals surface area contributed by atoms with Crippen LogP contribution in [0.25, 0.3) is 6.08 Å². The molecule has 0 bridgehead atoms. The number of rotatable bonds is 6. The Morgan fingerprint density at radius 3 is 2.29 bits per heavy atom. The van der Waals surface area contributed by atoms with Crippen molar-refractivity contribution in [1.82, 2.24) is 4.90 Å². The molecule has 0 spiro atoms. The average molecular weight is 330 g/mol.